The van der Waals surface area contributed by atoms with Gasteiger partial charge in [-0.2, -0.15) is 0 Å². The van der Waals surface area contributed by atoms with Gasteiger partial charge in [0.2, 0.25) is 0 Å². The predicted octanol–water partition coefficient (Wildman–Crippen LogP) is 16.3. The maximum atomic E-state index is 9.43. The molecule has 0 aliphatic heterocycles. The van der Waals surface area contributed by atoms with Crippen molar-refractivity contribution in [1.82, 2.24) is 0 Å². The van der Waals surface area contributed by atoms with Crippen LogP contribution in [0.4, 0.5) is 0 Å². The Labute approximate surface area is 372 Å². The molecule has 4 aliphatic carbocycles. The van der Waals surface area contributed by atoms with Gasteiger partial charge in [-0.1, -0.05) is 0 Å². The first kappa shape index (κ1) is 42.5. The molecule has 2 heterocycles. The molecule has 0 radical (unpaired) electrons. The zero-order valence-electron chi connectivity index (χ0n) is 38.7. The number of fused-ring (bicyclic) bond motifs is 4. The van der Waals surface area contributed by atoms with E-state index in [1.165, 1.54) is 66.8 Å². The van der Waals surface area contributed by atoms with E-state index in [4.69, 9.17) is 8.83 Å². The summed E-state index contributed by atoms with van der Waals surface area (Å²) in [4.78, 5) is 0. The Kier molecular flexibility index (Phi) is 8.29. The fourth-order valence-corrected chi connectivity index (χ4v) is 40.4. The Morgan fingerprint density at radius 3 is 1.21 bits per heavy atom. The second kappa shape index (κ2) is 12.1. The summed E-state index contributed by atoms with van der Waals surface area (Å²) in [6.07, 6.45) is 6.92. The molecular weight excluding hydrogens is 895 g/mol. The van der Waals surface area contributed by atoms with Gasteiger partial charge in [-0.05, 0) is 0 Å². The van der Waals surface area contributed by atoms with E-state index < -0.39 is 19.3 Å². The van der Waals surface area contributed by atoms with E-state index in [9.17, 15) is 17.0 Å². The molecule has 0 spiro atoms. The fourth-order valence-electron chi connectivity index (χ4n) is 14.2. The number of aryl methyl sites for hydroxylation is 2. The van der Waals surface area contributed by atoms with Crippen molar-refractivity contribution in [2.45, 2.75) is 120 Å². The molecule has 4 aromatic carbocycles. The summed E-state index contributed by atoms with van der Waals surface area (Å²) >= 11 is -6.73. The minimum absolute atomic E-state index is 0.0567. The van der Waals surface area contributed by atoms with Crippen LogP contribution in [0.2, 0.25) is 9.26 Å². The topological polar surface area (TPSA) is 26.3 Å². The molecule has 2 unspecified atom stereocenters. The van der Waals surface area contributed by atoms with Gasteiger partial charge in [0.25, 0.3) is 0 Å². The number of furan rings is 2. The van der Waals surface area contributed by atoms with Crippen molar-refractivity contribution in [1.29, 1.82) is 0 Å². The summed E-state index contributed by atoms with van der Waals surface area (Å²) in [6, 6.07) is 35.5. The van der Waals surface area contributed by atoms with Gasteiger partial charge in [-0.3, -0.25) is 0 Å². The Morgan fingerprint density at radius 2 is 0.887 bits per heavy atom. The van der Waals surface area contributed by atoms with Crippen LogP contribution in [-0.4, -0.2) is 6.88 Å². The molecule has 0 amide bonds. The van der Waals surface area contributed by atoms with Crippen LogP contribution in [0.15, 0.2) is 106 Å². The van der Waals surface area contributed by atoms with Crippen LogP contribution in [-0.2, 0) is 33.7 Å². The first-order chi connectivity index (χ1) is 28.5. The Hall–Kier alpha value is -3.40. The third-order valence-corrected chi connectivity index (χ3v) is 40.2. The normalized spacial score (nSPS) is 23.0. The standard InChI is InChI=1S/2C27H27O.2CH3.2ClH.H2Si.Zr/c2*1-17-11-12-23(28-17)20-13-19-15-22-25(27(4,5)16-26(22,2)3)24(21(19)14-20)18-9-7-6-8-10-18;;;;;;/h2*6-15H,16H2,1-5H3;2*1H3;2*1H;1H2;/q;;;;;;;+2/p-2. The molecule has 0 N–H and O–H groups in total. The molecule has 6 heteroatoms. The van der Waals surface area contributed by atoms with Gasteiger partial charge in [0, 0.05) is 0 Å². The van der Waals surface area contributed by atoms with Crippen LogP contribution in [0, 0.1) is 13.8 Å². The SMILES string of the molecule is Cc1ccc(C2=Cc3c(cc4c(c3-c3ccccc3)C(C)(C)CC4(C)C)[CH]2[Zr]([CH3])([CH3])(=[SiH2])([Cl])([Cl])[CH]2C(c3ccc(C)o3)=Cc3c2cc2c(c3-c3ccccc3)C(C)(C)CC2(C)C)o1. The minimum atomic E-state index is -6.73. The van der Waals surface area contributed by atoms with E-state index in [1.54, 1.807) is 0 Å². The molecule has 0 saturated carbocycles. The summed E-state index contributed by atoms with van der Waals surface area (Å²) in [7, 11) is 18.9. The van der Waals surface area contributed by atoms with Gasteiger partial charge in [0.05, 0.1) is 0 Å². The van der Waals surface area contributed by atoms with Crippen molar-refractivity contribution in [3.8, 4) is 22.3 Å². The molecule has 2 atom stereocenters. The number of allylic oxidation sites excluding steroid dienone is 2. The summed E-state index contributed by atoms with van der Waals surface area (Å²) in [5.41, 5.74) is 17.3. The van der Waals surface area contributed by atoms with Crippen LogP contribution < -0.4 is 0 Å². The van der Waals surface area contributed by atoms with E-state index >= 15 is 0 Å². The summed E-state index contributed by atoms with van der Waals surface area (Å²) in [5.74, 6) is 3.37. The first-order valence-corrected chi connectivity index (χ1v) is 42.7. The van der Waals surface area contributed by atoms with E-state index in [1.807, 2.05) is 20.7 Å². The Balaban J connectivity index is 1.37. The molecule has 2 nitrogen and oxygen atoms in total. The van der Waals surface area contributed by atoms with Crippen LogP contribution >= 0.6 is 17.0 Å². The van der Waals surface area contributed by atoms with Gasteiger partial charge in [-0.25, -0.2) is 0 Å². The maximum absolute atomic E-state index is 9.43. The number of benzene rings is 4. The van der Waals surface area contributed by atoms with Gasteiger partial charge in [-0.15, -0.1) is 0 Å². The number of rotatable bonds is 6. The van der Waals surface area contributed by atoms with Crippen molar-refractivity contribution >= 4 is 47.2 Å². The molecule has 10 rings (SSSR count). The number of halogens is 2. The van der Waals surface area contributed by atoms with Crippen LogP contribution in [0.3, 0.4) is 0 Å². The van der Waals surface area contributed by atoms with Crippen molar-refractivity contribution in [2.24, 2.45) is 0 Å². The molecule has 0 fully saturated rings. The van der Waals surface area contributed by atoms with Crippen molar-refractivity contribution in [3.63, 3.8) is 0 Å². The molecular formula is C56H62Cl2O2SiZr. The van der Waals surface area contributed by atoms with E-state index in [2.05, 4.69) is 174 Å². The second-order valence-electron chi connectivity index (χ2n) is 24.3. The zero-order chi connectivity index (χ0) is 44.5. The first-order valence-electron chi connectivity index (χ1n) is 22.6. The third-order valence-electron chi connectivity index (χ3n) is 15.7. The molecule has 62 heavy (non-hydrogen) atoms. The van der Waals surface area contributed by atoms with Gasteiger partial charge < -0.3 is 0 Å². The zero-order valence-corrected chi connectivity index (χ0v) is 44.1. The average Bonchev–Trinajstić information content (AvgIpc) is 4.00. The van der Waals surface area contributed by atoms with Crippen molar-refractivity contribution < 1.29 is 20.9 Å². The van der Waals surface area contributed by atoms with E-state index in [0.717, 1.165) is 47.0 Å². The van der Waals surface area contributed by atoms with Gasteiger partial charge in [0.1, 0.15) is 0 Å². The average molecular weight is 957 g/mol. The van der Waals surface area contributed by atoms with E-state index in [-0.39, 0.29) is 21.7 Å². The summed E-state index contributed by atoms with van der Waals surface area (Å²) < 4.78 is 17.4. The molecule has 4 aliphatic rings. The van der Waals surface area contributed by atoms with Crippen LogP contribution in [0.25, 0.3) is 45.6 Å². The number of hydrogen-bond acceptors (Lipinski definition) is 2. The van der Waals surface area contributed by atoms with E-state index in [0.29, 0.717) is 0 Å². The third kappa shape index (κ3) is 6.01. The number of hydrogen-bond donors (Lipinski definition) is 0. The summed E-state index contributed by atoms with van der Waals surface area (Å²) in [6.45, 7) is 25.4. The van der Waals surface area contributed by atoms with Crippen molar-refractivity contribution in [3.05, 3.63) is 165 Å². The molecule has 320 valence electrons. The van der Waals surface area contributed by atoms with Gasteiger partial charge >= 0.3 is 375 Å². The van der Waals surface area contributed by atoms with Crippen LogP contribution in [0.5, 0.6) is 0 Å². The molecule has 2 aromatic heterocycles. The van der Waals surface area contributed by atoms with Crippen LogP contribution in [0.1, 0.15) is 143 Å². The molecule has 6 aromatic rings. The second-order valence-corrected chi connectivity index (χ2v) is 92.5. The fraction of sp³-hybridized carbons (Fsp3) is 0.357. The molecule has 0 bridgehead atoms. The Bertz CT molecular complexity index is 2930. The predicted molar refractivity (Wildman–Crippen MR) is 265 cm³/mol. The Morgan fingerprint density at radius 1 is 0.532 bits per heavy atom. The quantitative estimate of drug-likeness (QED) is 0.156. The molecule has 0 saturated heterocycles. The monoisotopic (exact) mass is 954 g/mol. The van der Waals surface area contributed by atoms with Crippen molar-refractivity contribution in [2.75, 3.05) is 0 Å². The van der Waals surface area contributed by atoms with Gasteiger partial charge in [0.15, 0.2) is 0 Å². The summed E-state index contributed by atoms with van der Waals surface area (Å²) in [5, 5.41) is 0.